The molecule has 0 bridgehead atoms. The van der Waals surface area contributed by atoms with Gasteiger partial charge in [-0.05, 0) is 61.3 Å². The first-order chi connectivity index (χ1) is 14.2. The van der Waals surface area contributed by atoms with Crippen molar-refractivity contribution in [2.24, 2.45) is 0 Å². The van der Waals surface area contributed by atoms with Crippen LogP contribution >= 0.6 is 0 Å². The molecule has 0 radical (unpaired) electrons. The molecule has 0 aliphatic rings. The Kier molecular flexibility index (Phi) is 4.69. The van der Waals surface area contributed by atoms with Crippen molar-refractivity contribution in [2.75, 3.05) is 0 Å². The summed E-state index contributed by atoms with van der Waals surface area (Å²) < 4.78 is 6.12. The van der Waals surface area contributed by atoms with Crippen LogP contribution in [0.15, 0.2) is 78.9 Å². The van der Waals surface area contributed by atoms with E-state index in [-0.39, 0.29) is 0 Å². The smallest absolute Gasteiger partial charge is 0.0727 e. The second-order valence-electron chi connectivity index (χ2n) is 8.12. The predicted molar refractivity (Wildman–Crippen MR) is 124 cm³/mol. The Balaban J connectivity index is 1.41. The van der Waals surface area contributed by atoms with E-state index in [1.807, 2.05) is 0 Å². The molecule has 0 amide bonds. The van der Waals surface area contributed by atoms with Crippen molar-refractivity contribution in [1.29, 1.82) is 0 Å². The van der Waals surface area contributed by atoms with E-state index >= 15 is 0 Å². The first-order valence-electron chi connectivity index (χ1n) is 10.6. The summed E-state index contributed by atoms with van der Waals surface area (Å²) in [5.74, 6) is 0.613. The van der Waals surface area contributed by atoms with Crippen LogP contribution in [-0.4, -0.2) is 0 Å². The molecule has 0 aliphatic heterocycles. The van der Waals surface area contributed by atoms with Gasteiger partial charge in [-0.3, -0.25) is 0 Å². The molecule has 29 heavy (non-hydrogen) atoms. The van der Waals surface area contributed by atoms with Crippen LogP contribution in [-0.2, 0) is 18.0 Å². The van der Waals surface area contributed by atoms with Gasteiger partial charge in [-0.1, -0.05) is 92.7 Å². The Morgan fingerprint density at radius 2 is 1.34 bits per heavy atom. The lowest BCUT2D eigenvalue weighted by Crippen LogP contribution is -1.97. The number of rotatable bonds is 6. The van der Waals surface area contributed by atoms with E-state index in [0.29, 0.717) is 19.1 Å². The average molecular weight is 379 g/mol. The molecule has 0 aliphatic carbocycles. The van der Waals surface area contributed by atoms with Crippen LogP contribution in [0, 0.1) is 0 Å². The lowest BCUT2D eigenvalue weighted by Gasteiger charge is -2.14. The number of ether oxygens (including phenoxy) is 1. The summed E-state index contributed by atoms with van der Waals surface area (Å²) >= 11 is 0. The van der Waals surface area contributed by atoms with Gasteiger partial charge in [0.25, 0.3) is 0 Å². The molecule has 5 aromatic rings. The molecule has 1 heteroatoms. The summed E-state index contributed by atoms with van der Waals surface area (Å²) in [6.45, 7) is 5.78. The highest BCUT2D eigenvalue weighted by atomic mass is 16.5. The van der Waals surface area contributed by atoms with E-state index in [0.717, 1.165) is 0 Å². The summed E-state index contributed by atoms with van der Waals surface area (Å²) in [6, 6.07) is 28.8. The third kappa shape index (κ3) is 3.26. The Labute approximate surface area is 172 Å². The van der Waals surface area contributed by atoms with Crippen molar-refractivity contribution in [3.05, 3.63) is 95.6 Å². The SMILES string of the molecule is CCC(C)c1ccc(COCc2ccc3ccc4cccc5ccc2c3c45)cc1. The molecular weight excluding hydrogens is 352 g/mol. The molecule has 144 valence electrons. The quantitative estimate of drug-likeness (QED) is 0.274. The summed E-state index contributed by atoms with van der Waals surface area (Å²) in [7, 11) is 0. The standard InChI is InChI=1S/C28H26O/c1-3-19(2)21-9-7-20(8-10-21)17-29-18-25-14-13-24-12-11-22-5-4-6-23-15-16-26(25)28(24)27(22)23/h4-16,19H,3,17-18H2,1-2H3. The highest BCUT2D eigenvalue weighted by Crippen LogP contribution is 2.36. The highest BCUT2D eigenvalue weighted by Gasteiger charge is 2.11. The first kappa shape index (κ1) is 18.1. The van der Waals surface area contributed by atoms with Crippen LogP contribution in [0.2, 0.25) is 0 Å². The molecular formula is C28H26O. The monoisotopic (exact) mass is 378 g/mol. The highest BCUT2D eigenvalue weighted by molar-refractivity contribution is 6.23. The van der Waals surface area contributed by atoms with Gasteiger partial charge in [0.1, 0.15) is 0 Å². The van der Waals surface area contributed by atoms with Crippen LogP contribution in [0.3, 0.4) is 0 Å². The molecule has 0 heterocycles. The van der Waals surface area contributed by atoms with E-state index in [2.05, 4.69) is 92.7 Å². The Morgan fingerprint density at radius 3 is 2.07 bits per heavy atom. The Morgan fingerprint density at radius 1 is 0.690 bits per heavy atom. The maximum absolute atomic E-state index is 6.12. The van der Waals surface area contributed by atoms with Crippen LogP contribution in [0.25, 0.3) is 32.3 Å². The molecule has 0 N–H and O–H groups in total. The fourth-order valence-electron chi connectivity index (χ4n) is 4.38. The lowest BCUT2D eigenvalue weighted by molar-refractivity contribution is 0.108. The van der Waals surface area contributed by atoms with E-state index in [4.69, 9.17) is 4.74 Å². The largest absolute Gasteiger partial charge is 0.372 e. The van der Waals surface area contributed by atoms with E-state index < -0.39 is 0 Å². The van der Waals surface area contributed by atoms with Crippen molar-refractivity contribution >= 4 is 32.3 Å². The minimum Gasteiger partial charge on any atom is -0.372 e. The van der Waals surface area contributed by atoms with Gasteiger partial charge >= 0.3 is 0 Å². The average Bonchev–Trinajstić information content (AvgIpc) is 2.78. The number of benzene rings is 5. The zero-order chi connectivity index (χ0) is 19.8. The second kappa shape index (κ2) is 7.50. The normalized spacial score (nSPS) is 12.9. The molecule has 0 spiro atoms. The topological polar surface area (TPSA) is 9.23 Å². The predicted octanol–water partition coefficient (Wildman–Crippen LogP) is 7.81. The molecule has 0 saturated heterocycles. The zero-order valence-corrected chi connectivity index (χ0v) is 17.1. The number of hydrogen-bond acceptors (Lipinski definition) is 1. The van der Waals surface area contributed by atoms with Gasteiger partial charge in [0.05, 0.1) is 13.2 Å². The van der Waals surface area contributed by atoms with Crippen molar-refractivity contribution in [1.82, 2.24) is 0 Å². The summed E-state index contributed by atoms with van der Waals surface area (Å²) in [5, 5.41) is 7.94. The maximum atomic E-state index is 6.12. The molecule has 1 unspecified atom stereocenters. The number of hydrogen-bond donors (Lipinski definition) is 0. The molecule has 1 nitrogen and oxygen atoms in total. The van der Waals surface area contributed by atoms with Gasteiger partial charge in [0, 0.05) is 0 Å². The summed E-state index contributed by atoms with van der Waals surface area (Å²) in [4.78, 5) is 0. The van der Waals surface area contributed by atoms with E-state index in [1.165, 1.54) is 55.4 Å². The maximum Gasteiger partial charge on any atom is 0.0727 e. The molecule has 0 fully saturated rings. The van der Waals surface area contributed by atoms with Crippen LogP contribution in [0.5, 0.6) is 0 Å². The lowest BCUT2D eigenvalue weighted by atomic mass is 9.92. The van der Waals surface area contributed by atoms with Crippen LogP contribution < -0.4 is 0 Å². The van der Waals surface area contributed by atoms with Crippen molar-refractivity contribution < 1.29 is 4.74 Å². The van der Waals surface area contributed by atoms with Gasteiger partial charge in [0.2, 0.25) is 0 Å². The molecule has 1 atom stereocenters. The molecule has 0 aromatic heterocycles. The zero-order valence-electron chi connectivity index (χ0n) is 17.1. The van der Waals surface area contributed by atoms with Crippen LogP contribution in [0.4, 0.5) is 0 Å². The van der Waals surface area contributed by atoms with Crippen LogP contribution in [0.1, 0.15) is 42.9 Å². The van der Waals surface area contributed by atoms with Crippen molar-refractivity contribution in [3.63, 3.8) is 0 Å². The Bertz CT molecular complexity index is 1250. The molecule has 0 saturated carbocycles. The Hall–Kier alpha value is -2.90. The third-order valence-electron chi connectivity index (χ3n) is 6.31. The molecule has 5 aromatic carbocycles. The van der Waals surface area contributed by atoms with E-state index in [1.54, 1.807) is 0 Å². The van der Waals surface area contributed by atoms with E-state index in [9.17, 15) is 0 Å². The van der Waals surface area contributed by atoms with Gasteiger partial charge in [0.15, 0.2) is 0 Å². The second-order valence-corrected chi connectivity index (χ2v) is 8.12. The minimum absolute atomic E-state index is 0.613. The first-order valence-corrected chi connectivity index (χ1v) is 10.6. The van der Waals surface area contributed by atoms with Gasteiger partial charge < -0.3 is 4.74 Å². The summed E-state index contributed by atoms with van der Waals surface area (Å²) in [5.41, 5.74) is 3.89. The fraction of sp³-hybridized carbons (Fsp3) is 0.214. The van der Waals surface area contributed by atoms with Gasteiger partial charge in [-0.15, -0.1) is 0 Å². The van der Waals surface area contributed by atoms with Crippen molar-refractivity contribution in [3.8, 4) is 0 Å². The summed E-state index contributed by atoms with van der Waals surface area (Å²) in [6.07, 6.45) is 1.17. The van der Waals surface area contributed by atoms with Crippen molar-refractivity contribution in [2.45, 2.75) is 39.4 Å². The molecule has 5 rings (SSSR count). The van der Waals surface area contributed by atoms with Gasteiger partial charge in [-0.2, -0.15) is 0 Å². The van der Waals surface area contributed by atoms with Gasteiger partial charge in [-0.25, -0.2) is 0 Å². The fourth-order valence-corrected chi connectivity index (χ4v) is 4.38. The minimum atomic E-state index is 0.613. The third-order valence-corrected chi connectivity index (χ3v) is 6.31.